The third-order valence-corrected chi connectivity index (χ3v) is 4.20. The lowest BCUT2D eigenvalue weighted by Gasteiger charge is -2.32. The largest absolute Gasteiger partial charge is 0.484 e. The average molecular weight is 355 g/mol. The average Bonchev–Trinajstić information content (AvgIpc) is 2.49. The summed E-state index contributed by atoms with van der Waals surface area (Å²) in [7, 11) is 0. The molecule has 21 heavy (non-hydrogen) atoms. The maximum Gasteiger partial charge on any atom is 0.258 e. The van der Waals surface area contributed by atoms with Crippen molar-refractivity contribution in [2.75, 3.05) is 26.2 Å². The monoisotopic (exact) mass is 354 g/mol. The highest BCUT2D eigenvalue weighted by atomic mass is 79.9. The fraction of sp³-hybridized carbons (Fsp3) is 0.562. The molecule has 0 spiro atoms. The highest BCUT2D eigenvalue weighted by molar-refractivity contribution is 9.10. The second-order valence-electron chi connectivity index (χ2n) is 5.43. The number of likely N-dealkylation sites (tertiary alicyclic amines) is 1. The fourth-order valence-electron chi connectivity index (χ4n) is 2.57. The molecule has 1 fully saturated rings. The molecule has 0 aromatic heterocycles. The minimum absolute atomic E-state index is 0.0353. The van der Waals surface area contributed by atoms with E-state index >= 15 is 0 Å². The van der Waals surface area contributed by atoms with Crippen molar-refractivity contribution < 1.29 is 9.53 Å². The molecular formula is C16H23BrN2O2. The molecule has 0 aliphatic carbocycles. The van der Waals surface area contributed by atoms with Crippen molar-refractivity contribution in [2.24, 2.45) is 0 Å². The number of nitrogens with zero attached hydrogens (tertiary/aromatic N) is 1. The predicted octanol–water partition coefficient (Wildman–Crippen LogP) is 2.82. The van der Waals surface area contributed by atoms with Gasteiger partial charge in [-0.3, -0.25) is 4.79 Å². The third kappa shape index (κ3) is 5.67. The lowest BCUT2D eigenvalue weighted by atomic mass is 10.0. The van der Waals surface area contributed by atoms with E-state index in [0.717, 1.165) is 36.9 Å². The van der Waals surface area contributed by atoms with Crippen LogP contribution in [0.25, 0.3) is 0 Å². The van der Waals surface area contributed by atoms with Gasteiger partial charge in [-0.1, -0.05) is 22.9 Å². The van der Waals surface area contributed by atoms with Gasteiger partial charge in [-0.15, -0.1) is 0 Å². The fourth-order valence-corrected chi connectivity index (χ4v) is 2.83. The van der Waals surface area contributed by atoms with Gasteiger partial charge in [-0.2, -0.15) is 0 Å². The summed E-state index contributed by atoms with van der Waals surface area (Å²) in [6, 6.07) is 7.79. The normalized spacial score (nSPS) is 16.7. The molecule has 1 amide bonds. The zero-order chi connectivity index (χ0) is 15.1. The van der Waals surface area contributed by atoms with Crippen molar-refractivity contribution in [3.05, 3.63) is 28.7 Å². The molecule has 2 rings (SSSR count). The summed E-state index contributed by atoms with van der Waals surface area (Å²) in [5, 5.41) is 3.06. The van der Waals surface area contributed by atoms with Crippen LogP contribution in [0.15, 0.2) is 28.7 Å². The number of nitrogens with one attached hydrogen (secondary N) is 1. The number of rotatable bonds is 6. The van der Waals surface area contributed by atoms with Crippen LogP contribution in [0, 0.1) is 0 Å². The van der Waals surface area contributed by atoms with Crippen LogP contribution < -0.4 is 10.1 Å². The zero-order valence-corrected chi connectivity index (χ0v) is 14.1. The Morgan fingerprint density at radius 3 is 2.62 bits per heavy atom. The molecule has 5 heteroatoms. The Labute approximate surface area is 135 Å². The van der Waals surface area contributed by atoms with E-state index in [4.69, 9.17) is 4.74 Å². The van der Waals surface area contributed by atoms with Crippen molar-refractivity contribution in [1.29, 1.82) is 0 Å². The van der Waals surface area contributed by atoms with Gasteiger partial charge in [0.1, 0.15) is 5.75 Å². The van der Waals surface area contributed by atoms with Crippen LogP contribution in [0.2, 0.25) is 0 Å². The number of benzene rings is 1. The van der Waals surface area contributed by atoms with Crippen molar-refractivity contribution in [1.82, 2.24) is 10.2 Å². The van der Waals surface area contributed by atoms with E-state index in [1.807, 2.05) is 24.3 Å². The van der Waals surface area contributed by atoms with E-state index in [-0.39, 0.29) is 12.5 Å². The lowest BCUT2D eigenvalue weighted by molar-refractivity contribution is -0.124. The molecule has 1 aromatic carbocycles. The molecule has 1 aliphatic rings. The number of amides is 1. The van der Waals surface area contributed by atoms with E-state index in [0.29, 0.717) is 11.8 Å². The maximum atomic E-state index is 11.9. The molecule has 1 heterocycles. The van der Waals surface area contributed by atoms with Crippen LogP contribution >= 0.6 is 15.9 Å². The summed E-state index contributed by atoms with van der Waals surface area (Å²) < 4.78 is 6.48. The van der Waals surface area contributed by atoms with Gasteiger partial charge in [0.05, 0.1) is 0 Å². The molecular weight excluding hydrogens is 332 g/mol. The van der Waals surface area contributed by atoms with E-state index in [1.165, 1.54) is 6.42 Å². The number of ether oxygens (including phenoxy) is 1. The summed E-state index contributed by atoms with van der Waals surface area (Å²) in [4.78, 5) is 14.4. The van der Waals surface area contributed by atoms with E-state index < -0.39 is 0 Å². The van der Waals surface area contributed by atoms with Gasteiger partial charge in [-0.25, -0.2) is 0 Å². The summed E-state index contributed by atoms with van der Waals surface area (Å²) in [6.07, 6.45) is 3.26. The topological polar surface area (TPSA) is 41.6 Å². The van der Waals surface area contributed by atoms with E-state index in [1.54, 1.807) is 0 Å². The van der Waals surface area contributed by atoms with Crippen LogP contribution in [-0.4, -0.2) is 43.1 Å². The van der Waals surface area contributed by atoms with Crippen LogP contribution in [0.3, 0.4) is 0 Å². The Morgan fingerprint density at radius 1 is 1.33 bits per heavy atom. The van der Waals surface area contributed by atoms with Crippen molar-refractivity contribution in [2.45, 2.75) is 32.2 Å². The molecule has 1 saturated heterocycles. The molecule has 116 valence electrons. The van der Waals surface area contributed by atoms with Gasteiger partial charge in [0.2, 0.25) is 0 Å². The zero-order valence-electron chi connectivity index (χ0n) is 12.5. The Balaban J connectivity index is 1.67. The van der Waals surface area contributed by atoms with Crippen molar-refractivity contribution in [3.8, 4) is 5.75 Å². The second kappa shape index (κ2) is 8.39. The number of carbonyl (C=O) groups is 1. The van der Waals surface area contributed by atoms with Crippen molar-refractivity contribution in [3.63, 3.8) is 0 Å². The van der Waals surface area contributed by atoms with Crippen LogP contribution in [0.1, 0.15) is 26.2 Å². The molecule has 4 nitrogen and oxygen atoms in total. The highest BCUT2D eigenvalue weighted by Gasteiger charge is 2.20. The van der Waals surface area contributed by atoms with Gasteiger partial charge in [0, 0.05) is 23.6 Å². The van der Waals surface area contributed by atoms with Gasteiger partial charge < -0.3 is 15.0 Å². The van der Waals surface area contributed by atoms with Gasteiger partial charge >= 0.3 is 0 Å². The Bertz CT molecular complexity index is 442. The standard InChI is InChI=1S/C16H23BrN2O2/c1-2-9-19-10-7-14(8-11-19)18-16(20)12-21-15-5-3-13(17)4-6-15/h3-6,14H,2,7-12H2,1H3,(H,18,20). The minimum atomic E-state index is -0.0353. The van der Waals surface area contributed by atoms with E-state index in [2.05, 4.69) is 33.1 Å². The summed E-state index contributed by atoms with van der Waals surface area (Å²) >= 11 is 3.37. The second-order valence-corrected chi connectivity index (χ2v) is 6.34. The molecule has 0 atom stereocenters. The van der Waals surface area contributed by atoms with Crippen LogP contribution in [0.5, 0.6) is 5.75 Å². The van der Waals surface area contributed by atoms with Gasteiger partial charge in [0.15, 0.2) is 6.61 Å². The first kappa shape index (κ1) is 16.3. The molecule has 0 radical (unpaired) electrons. The smallest absolute Gasteiger partial charge is 0.258 e. The van der Waals surface area contributed by atoms with Gasteiger partial charge in [0.25, 0.3) is 5.91 Å². The molecule has 1 aliphatic heterocycles. The lowest BCUT2D eigenvalue weighted by Crippen LogP contribution is -2.46. The van der Waals surface area contributed by atoms with Gasteiger partial charge in [-0.05, 0) is 50.1 Å². The molecule has 0 unspecified atom stereocenters. The Morgan fingerprint density at radius 2 is 2.00 bits per heavy atom. The third-order valence-electron chi connectivity index (χ3n) is 3.68. The molecule has 1 aromatic rings. The summed E-state index contributed by atoms with van der Waals surface area (Å²) in [6.45, 7) is 5.59. The predicted molar refractivity (Wildman–Crippen MR) is 87.5 cm³/mol. The number of carbonyl (C=O) groups excluding carboxylic acids is 1. The number of piperidine rings is 1. The summed E-state index contributed by atoms with van der Waals surface area (Å²) in [5.74, 6) is 0.679. The minimum Gasteiger partial charge on any atom is -0.484 e. The maximum absolute atomic E-state index is 11.9. The molecule has 1 N–H and O–H groups in total. The first-order chi connectivity index (χ1) is 10.2. The van der Waals surface area contributed by atoms with Crippen molar-refractivity contribution >= 4 is 21.8 Å². The number of halogens is 1. The Hall–Kier alpha value is -1.07. The van der Waals surface area contributed by atoms with E-state index in [9.17, 15) is 4.79 Å². The number of hydrogen-bond donors (Lipinski definition) is 1. The van der Waals surface area contributed by atoms with Crippen LogP contribution in [-0.2, 0) is 4.79 Å². The first-order valence-electron chi connectivity index (χ1n) is 7.57. The quantitative estimate of drug-likeness (QED) is 0.853. The van der Waals surface area contributed by atoms with Crippen LogP contribution in [0.4, 0.5) is 0 Å². The SMILES string of the molecule is CCCN1CCC(NC(=O)COc2ccc(Br)cc2)CC1. The number of hydrogen-bond acceptors (Lipinski definition) is 3. The molecule has 0 saturated carbocycles. The first-order valence-corrected chi connectivity index (χ1v) is 8.36. The molecule has 0 bridgehead atoms. The summed E-state index contributed by atoms with van der Waals surface area (Å²) in [5.41, 5.74) is 0. The Kier molecular flexibility index (Phi) is 6.51. The highest BCUT2D eigenvalue weighted by Crippen LogP contribution is 2.16.